The van der Waals surface area contributed by atoms with Crippen LogP contribution in [-0.2, 0) is 26.9 Å². The Kier molecular flexibility index (Phi) is 6.28. The van der Waals surface area contributed by atoms with Crippen molar-refractivity contribution in [1.29, 1.82) is 0 Å². The number of rotatable bonds is 4. The van der Waals surface area contributed by atoms with Crippen LogP contribution in [0, 0.1) is 0 Å². The largest absolute Gasteiger partial charge is 0.508 e. The van der Waals surface area contributed by atoms with Gasteiger partial charge in [0.25, 0.3) is 0 Å². The first-order valence-electron chi connectivity index (χ1n) is 7.30. The molecular weight excluding hydrogens is 343 g/mol. The van der Waals surface area contributed by atoms with Crippen LogP contribution in [-0.4, -0.2) is 35.9 Å². The summed E-state index contributed by atoms with van der Waals surface area (Å²) in [7, 11) is 1.10. The average Bonchev–Trinajstić information content (AvgIpc) is 2.44. The summed E-state index contributed by atoms with van der Waals surface area (Å²) < 4.78 is 47.4. The number of phenolic OH excluding ortho intramolecular Hbond substituents is 1. The van der Waals surface area contributed by atoms with Crippen molar-refractivity contribution in [3.63, 3.8) is 0 Å². The minimum atomic E-state index is -4.60. The fourth-order valence-electron chi connectivity index (χ4n) is 1.92. The van der Waals surface area contributed by atoms with Gasteiger partial charge in [-0.25, -0.2) is 9.59 Å². The van der Waals surface area contributed by atoms with E-state index in [4.69, 9.17) is 4.74 Å². The number of alkyl carbamates (subject to hydrolysis) is 1. The molecule has 0 aliphatic rings. The van der Waals surface area contributed by atoms with Gasteiger partial charge in [-0.2, -0.15) is 13.2 Å². The third-order valence-electron chi connectivity index (χ3n) is 3.01. The van der Waals surface area contributed by atoms with Crippen molar-refractivity contribution in [3.8, 4) is 5.75 Å². The van der Waals surface area contributed by atoms with E-state index in [1.54, 1.807) is 20.8 Å². The van der Waals surface area contributed by atoms with Gasteiger partial charge in [-0.15, -0.1) is 0 Å². The normalized spacial score (nSPS) is 13.1. The number of ether oxygens (including phenoxy) is 2. The molecule has 1 rings (SSSR count). The molecule has 9 heteroatoms. The second-order valence-corrected chi connectivity index (χ2v) is 6.27. The van der Waals surface area contributed by atoms with Crippen LogP contribution in [0.1, 0.15) is 31.9 Å². The molecule has 1 amide bonds. The molecule has 1 aromatic rings. The Balaban J connectivity index is 2.96. The summed E-state index contributed by atoms with van der Waals surface area (Å²) in [5, 5.41) is 12.1. The number of aromatic hydroxyl groups is 1. The van der Waals surface area contributed by atoms with Gasteiger partial charge in [0.05, 0.1) is 12.7 Å². The first kappa shape index (κ1) is 20.6. The van der Waals surface area contributed by atoms with E-state index in [1.165, 1.54) is 0 Å². The van der Waals surface area contributed by atoms with Gasteiger partial charge in [0.15, 0.2) is 0 Å². The lowest BCUT2D eigenvalue weighted by molar-refractivity contribution is -0.143. The molecule has 2 N–H and O–H groups in total. The summed E-state index contributed by atoms with van der Waals surface area (Å²) in [6.45, 7) is 4.88. The number of halogens is 3. The van der Waals surface area contributed by atoms with Gasteiger partial charge in [-0.05, 0) is 38.5 Å². The molecule has 6 nitrogen and oxygen atoms in total. The first-order chi connectivity index (χ1) is 11.3. The van der Waals surface area contributed by atoms with Gasteiger partial charge < -0.3 is 19.9 Å². The van der Waals surface area contributed by atoms with Crippen molar-refractivity contribution >= 4 is 12.1 Å². The highest BCUT2D eigenvalue weighted by atomic mass is 19.4. The van der Waals surface area contributed by atoms with E-state index in [0.29, 0.717) is 6.07 Å². The summed E-state index contributed by atoms with van der Waals surface area (Å²) in [5.41, 5.74) is -1.79. The monoisotopic (exact) mass is 363 g/mol. The third-order valence-corrected chi connectivity index (χ3v) is 3.01. The Labute approximate surface area is 142 Å². The fraction of sp³-hybridized carbons (Fsp3) is 0.500. The maximum absolute atomic E-state index is 12.6. The van der Waals surface area contributed by atoms with Gasteiger partial charge in [0.1, 0.15) is 17.4 Å². The van der Waals surface area contributed by atoms with Gasteiger partial charge in [-0.1, -0.05) is 6.07 Å². The quantitative estimate of drug-likeness (QED) is 0.804. The third kappa shape index (κ3) is 6.52. The molecule has 140 valence electrons. The summed E-state index contributed by atoms with van der Waals surface area (Å²) in [6, 6.07) is 1.13. The van der Waals surface area contributed by atoms with Crippen LogP contribution >= 0.6 is 0 Å². The Morgan fingerprint density at radius 2 is 1.84 bits per heavy atom. The smallest absolute Gasteiger partial charge is 0.416 e. The van der Waals surface area contributed by atoms with E-state index in [9.17, 15) is 27.9 Å². The van der Waals surface area contributed by atoms with E-state index >= 15 is 0 Å². The summed E-state index contributed by atoms with van der Waals surface area (Å²) in [4.78, 5) is 23.6. The number of alkyl halides is 3. The molecule has 0 heterocycles. The number of esters is 1. The molecule has 0 aliphatic heterocycles. The standard InChI is InChI=1S/C16H20F3NO5/c1-15(2,3)25-14(23)20-11(13(22)24-4)7-9-5-6-10(8-12(9)21)16(17,18)19/h5-6,8,11,21H,7H2,1-4H3,(H,20,23)/t11-/m0/s1. The number of carbonyl (C=O) groups is 2. The van der Waals surface area contributed by atoms with Crippen LogP contribution in [0.3, 0.4) is 0 Å². The molecular formula is C16H20F3NO5. The van der Waals surface area contributed by atoms with Crippen molar-refractivity contribution in [1.82, 2.24) is 5.32 Å². The Bertz CT molecular complexity index is 638. The van der Waals surface area contributed by atoms with Crippen LogP contribution in [0.2, 0.25) is 0 Å². The average molecular weight is 363 g/mol. The highest BCUT2D eigenvalue weighted by Gasteiger charge is 2.32. The maximum Gasteiger partial charge on any atom is 0.416 e. The highest BCUT2D eigenvalue weighted by molar-refractivity contribution is 5.81. The molecule has 0 aliphatic carbocycles. The molecule has 1 aromatic carbocycles. The highest BCUT2D eigenvalue weighted by Crippen LogP contribution is 2.33. The molecule has 25 heavy (non-hydrogen) atoms. The van der Waals surface area contributed by atoms with Crippen LogP contribution in [0.5, 0.6) is 5.75 Å². The lowest BCUT2D eigenvalue weighted by Gasteiger charge is -2.23. The molecule has 0 fully saturated rings. The predicted molar refractivity (Wildman–Crippen MR) is 82.0 cm³/mol. The van der Waals surface area contributed by atoms with Crippen molar-refractivity contribution in [3.05, 3.63) is 29.3 Å². The number of carbonyl (C=O) groups excluding carboxylic acids is 2. The van der Waals surface area contributed by atoms with Crippen molar-refractivity contribution in [2.24, 2.45) is 0 Å². The lowest BCUT2D eigenvalue weighted by Crippen LogP contribution is -2.45. The Morgan fingerprint density at radius 3 is 2.28 bits per heavy atom. The molecule has 0 unspecified atom stereocenters. The predicted octanol–water partition coefficient (Wildman–Crippen LogP) is 3.02. The first-order valence-corrected chi connectivity index (χ1v) is 7.30. The Hall–Kier alpha value is -2.45. The summed E-state index contributed by atoms with van der Waals surface area (Å²) in [6.07, 6.45) is -5.77. The van der Waals surface area contributed by atoms with Gasteiger partial charge in [0, 0.05) is 6.42 Å². The number of methoxy groups -OCH3 is 1. The molecule has 0 saturated heterocycles. The number of nitrogens with one attached hydrogen (secondary N) is 1. The second-order valence-electron chi connectivity index (χ2n) is 6.27. The zero-order valence-corrected chi connectivity index (χ0v) is 14.2. The number of phenols is 1. The van der Waals surface area contributed by atoms with Crippen LogP contribution < -0.4 is 5.32 Å². The van der Waals surface area contributed by atoms with Crippen LogP contribution in [0.15, 0.2) is 18.2 Å². The number of hydrogen-bond donors (Lipinski definition) is 2. The van der Waals surface area contributed by atoms with Crippen molar-refractivity contribution < 1.29 is 37.3 Å². The van der Waals surface area contributed by atoms with E-state index in [1.807, 2.05) is 0 Å². The summed E-state index contributed by atoms with van der Waals surface area (Å²) in [5.74, 6) is -1.47. The molecule has 0 radical (unpaired) electrons. The maximum atomic E-state index is 12.6. The lowest BCUT2D eigenvalue weighted by atomic mass is 10.0. The van der Waals surface area contributed by atoms with Crippen molar-refractivity contribution in [2.75, 3.05) is 7.11 Å². The number of benzene rings is 1. The fourth-order valence-corrected chi connectivity index (χ4v) is 1.92. The van der Waals surface area contributed by atoms with E-state index < -0.39 is 41.2 Å². The number of hydrogen-bond acceptors (Lipinski definition) is 5. The van der Waals surface area contributed by atoms with E-state index in [0.717, 1.165) is 19.2 Å². The molecule has 0 aromatic heterocycles. The SMILES string of the molecule is COC(=O)[C@H](Cc1ccc(C(F)(F)F)cc1O)NC(=O)OC(C)(C)C. The summed E-state index contributed by atoms with van der Waals surface area (Å²) >= 11 is 0. The molecule has 0 spiro atoms. The minimum absolute atomic E-state index is 0.0412. The Morgan fingerprint density at radius 1 is 1.24 bits per heavy atom. The number of amides is 1. The molecule has 0 saturated carbocycles. The molecule has 1 atom stereocenters. The van der Waals surface area contributed by atoms with Gasteiger partial charge >= 0.3 is 18.2 Å². The van der Waals surface area contributed by atoms with Crippen LogP contribution in [0.4, 0.5) is 18.0 Å². The molecule has 0 bridgehead atoms. The topological polar surface area (TPSA) is 84.9 Å². The van der Waals surface area contributed by atoms with Crippen LogP contribution in [0.25, 0.3) is 0 Å². The minimum Gasteiger partial charge on any atom is -0.508 e. The zero-order valence-electron chi connectivity index (χ0n) is 14.2. The van der Waals surface area contributed by atoms with E-state index in [2.05, 4.69) is 10.1 Å². The second kappa shape index (κ2) is 7.62. The van der Waals surface area contributed by atoms with Crippen molar-refractivity contribution in [2.45, 2.75) is 45.0 Å². The van der Waals surface area contributed by atoms with E-state index in [-0.39, 0.29) is 12.0 Å². The zero-order chi connectivity index (χ0) is 19.4. The van der Waals surface area contributed by atoms with Gasteiger partial charge in [0.2, 0.25) is 0 Å². The van der Waals surface area contributed by atoms with Gasteiger partial charge in [-0.3, -0.25) is 0 Å².